The normalized spacial score (nSPS) is 13.5. The van der Waals surface area contributed by atoms with Gasteiger partial charge in [-0.05, 0) is 13.3 Å². The lowest BCUT2D eigenvalue weighted by molar-refractivity contribution is 0.184. The fraction of sp³-hybridized carbons (Fsp3) is 1.00. The van der Waals surface area contributed by atoms with Crippen LogP contribution in [-0.2, 0) is 0 Å². The van der Waals surface area contributed by atoms with Gasteiger partial charge in [0.2, 0.25) is 0 Å². The molecule has 0 radical (unpaired) electrons. The number of aliphatic hydroxyl groups excluding tert-OH is 2. The average Bonchev–Trinajstić information content (AvgIpc) is 1.87. The standard InChI is InChI=1S/C6H16N2O2/c1-6(10)5-8-7-3-2-4-9/h6-10H,2-5H2,1H3. The van der Waals surface area contributed by atoms with Crippen molar-refractivity contribution < 1.29 is 10.2 Å². The molecule has 1 unspecified atom stereocenters. The second kappa shape index (κ2) is 6.95. The lowest BCUT2D eigenvalue weighted by Gasteiger charge is -2.06. The van der Waals surface area contributed by atoms with Gasteiger partial charge in [0.05, 0.1) is 6.10 Å². The van der Waals surface area contributed by atoms with E-state index in [2.05, 4.69) is 10.9 Å². The molecule has 0 fully saturated rings. The van der Waals surface area contributed by atoms with E-state index in [1.807, 2.05) is 0 Å². The van der Waals surface area contributed by atoms with Crippen molar-refractivity contribution in [2.75, 3.05) is 19.7 Å². The molecule has 0 heterocycles. The maximum Gasteiger partial charge on any atom is 0.0650 e. The highest BCUT2D eigenvalue weighted by Gasteiger charge is 1.91. The highest BCUT2D eigenvalue weighted by atomic mass is 16.3. The molecule has 62 valence electrons. The van der Waals surface area contributed by atoms with Crippen LogP contribution in [0.25, 0.3) is 0 Å². The minimum absolute atomic E-state index is 0.198. The van der Waals surface area contributed by atoms with E-state index in [4.69, 9.17) is 10.2 Å². The molecule has 0 aliphatic carbocycles. The molecule has 0 aromatic rings. The Bertz CT molecular complexity index is 68.8. The Balaban J connectivity index is 2.77. The Hall–Kier alpha value is -0.160. The van der Waals surface area contributed by atoms with Crippen LogP contribution < -0.4 is 10.9 Å². The Morgan fingerprint density at radius 1 is 1.40 bits per heavy atom. The second-order valence-electron chi connectivity index (χ2n) is 2.23. The molecule has 1 atom stereocenters. The predicted molar refractivity (Wildman–Crippen MR) is 39.4 cm³/mol. The Labute approximate surface area is 61.2 Å². The number of hydrogen-bond acceptors (Lipinski definition) is 4. The molecular weight excluding hydrogens is 132 g/mol. The van der Waals surface area contributed by atoms with Crippen molar-refractivity contribution in [3.8, 4) is 0 Å². The fourth-order valence-electron chi connectivity index (χ4n) is 0.476. The number of rotatable bonds is 6. The number of aliphatic hydroxyl groups is 2. The van der Waals surface area contributed by atoms with E-state index < -0.39 is 0 Å². The third-order valence-electron chi connectivity index (χ3n) is 0.982. The van der Waals surface area contributed by atoms with E-state index in [-0.39, 0.29) is 12.7 Å². The molecule has 0 amide bonds. The summed E-state index contributed by atoms with van der Waals surface area (Å²) in [7, 11) is 0. The molecule has 4 N–H and O–H groups in total. The van der Waals surface area contributed by atoms with Gasteiger partial charge >= 0.3 is 0 Å². The average molecular weight is 148 g/mol. The van der Waals surface area contributed by atoms with Gasteiger partial charge in [-0.15, -0.1) is 0 Å². The van der Waals surface area contributed by atoms with Crippen LogP contribution in [0.4, 0.5) is 0 Å². The van der Waals surface area contributed by atoms with Gasteiger partial charge in [-0.25, -0.2) is 0 Å². The molecule has 0 aliphatic heterocycles. The van der Waals surface area contributed by atoms with Crippen LogP contribution >= 0.6 is 0 Å². The minimum atomic E-state index is -0.332. The van der Waals surface area contributed by atoms with Gasteiger partial charge in [-0.2, -0.15) is 0 Å². The molecule has 0 aliphatic rings. The molecule has 0 saturated heterocycles. The van der Waals surface area contributed by atoms with Crippen LogP contribution in [0.3, 0.4) is 0 Å². The first-order valence-corrected chi connectivity index (χ1v) is 3.52. The first-order chi connectivity index (χ1) is 4.77. The summed E-state index contributed by atoms with van der Waals surface area (Å²) >= 11 is 0. The highest BCUT2D eigenvalue weighted by molar-refractivity contribution is 4.48. The third kappa shape index (κ3) is 7.84. The van der Waals surface area contributed by atoms with Crippen molar-refractivity contribution in [3.63, 3.8) is 0 Å². The summed E-state index contributed by atoms with van der Waals surface area (Å²) < 4.78 is 0. The maximum atomic E-state index is 8.76. The van der Waals surface area contributed by atoms with Gasteiger partial charge in [-0.3, -0.25) is 10.9 Å². The van der Waals surface area contributed by atoms with Crippen molar-refractivity contribution in [2.24, 2.45) is 0 Å². The molecule has 0 bridgehead atoms. The van der Waals surface area contributed by atoms with Crippen molar-refractivity contribution in [1.29, 1.82) is 0 Å². The van der Waals surface area contributed by atoms with Crippen LogP contribution in [-0.4, -0.2) is 36.0 Å². The van der Waals surface area contributed by atoms with E-state index in [9.17, 15) is 0 Å². The van der Waals surface area contributed by atoms with Crippen LogP contribution in [0, 0.1) is 0 Å². The monoisotopic (exact) mass is 148 g/mol. The highest BCUT2D eigenvalue weighted by Crippen LogP contribution is 1.72. The van der Waals surface area contributed by atoms with Crippen LogP contribution in [0.2, 0.25) is 0 Å². The van der Waals surface area contributed by atoms with Crippen molar-refractivity contribution >= 4 is 0 Å². The Morgan fingerprint density at radius 3 is 2.60 bits per heavy atom. The summed E-state index contributed by atoms with van der Waals surface area (Å²) in [6.07, 6.45) is 0.397. The zero-order valence-corrected chi connectivity index (χ0v) is 6.30. The van der Waals surface area contributed by atoms with Crippen molar-refractivity contribution in [3.05, 3.63) is 0 Å². The SMILES string of the molecule is CC(O)CNNCCCO. The van der Waals surface area contributed by atoms with E-state index in [1.54, 1.807) is 6.92 Å². The molecule has 0 saturated carbocycles. The number of nitrogens with one attached hydrogen (secondary N) is 2. The molecule has 4 heteroatoms. The second-order valence-corrected chi connectivity index (χ2v) is 2.23. The van der Waals surface area contributed by atoms with E-state index in [0.717, 1.165) is 13.0 Å². The van der Waals surface area contributed by atoms with Gasteiger partial charge in [-0.1, -0.05) is 0 Å². The van der Waals surface area contributed by atoms with Crippen LogP contribution in [0.5, 0.6) is 0 Å². The van der Waals surface area contributed by atoms with Crippen molar-refractivity contribution in [1.82, 2.24) is 10.9 Å². The molecule has 0 aromatic heterocycles. The quantitative estimate of drug-likeness (QED) is 0.283. The Morgan fingerprint density at radius 2 is 2.10 bits per heavy atom. The molecule has 4 nitrogen and oxygen atoms in total. The van der Waals surface area contributed by atoms with Gasteiger partial charge in [0.1, 0.15) is 0 Å². The fourth-order valence-corrected chi connectivity index (χ4v) is 0.476. The summed E-state index contributed by atoms with van der Waals surface area (Å²) in [4.78, 5) is 0. The van der Waals surface area contributed by atoms with Gasteiger partial charge in [0.15, 0.2) is 0 Å². The van der Waals surface area contributed by atoms with Gasteiger partial charge in [0, 0.05) is 19.7 Å². The first-order valence-electron chi connectivity index (χ1n) is 3.52. The first kappa shape index (κ1) is 9.84. The minimum Gasteiger partial charge on any atom is -0.396 e. The zero-order valence-electron chi connectivity index (χ0n) is 6.30. The maximum absolute atomic E-state index is 8.76. The summed E-state index contributed by atoms with van der Waals surface area (Å²) in [6.45, 7) is 3.17. The molecule has 0 aromatic carbocycles. The van der Waals surface area contributed by atoms with E-state index in [1.165, 1.54) is 0 Å². The molecule has 10 heavy (non-hydrogen) atoms. The lowest BCUT2D eigenvalue weighted by atomic mass is 10.4. The topological polar surface area (TPSA) is 64.5 Å². The lowest BCUT2D eigenvalue weighted by Crippen LogP contribution is -2.37. The third-order valence-corrected chi connectivity index (χ3v) is 0.982. The van der Waals surface area contributed by atoms with E-state index >= 15 is 0 Å². The predicted octanol–water partition coefficient (Wildman–Crippen LogP) is -1.16. The number of hydrogen-bond donors (Lipinski definition) is 4. The largest absolute Gasteiger partial charge is 0.396 e. The van der Waals surface area contributed by atoms with Gasteiger partial charge < -0.3 is 10.2 Å². The molecule has 0 spiro atoms. The Kier molecular flexibility index (Phi) is 6.84. The molecule has 0 rings (SSSR count). The summed E-state index contributed by atoms with van der Waals surface area (Å²) in [5, 5.41) is 17.1. The number of hydrazine groups is 1. The summed E-state index contributed by atoms with van der Waals surface area (Å²) in [5.74, 6) is 0. The molecular formula is C6H16N2O2. The summed E-state index contributed by atoms with van der Waals surface area (Å²) in [5.41, 5.74) is 5.66. The van der Waals surface area contributed by atoms with Crippen LogP contribution in [0.15, 0.2) is 0 Å². The smallest absolute Gasteiger partial charge is 0.0650 e. The van der Waals surface area contributed by atoms with Gasteiger partial charge in [0.25, 0.3) is 0 Å². The van der Waals surface area contributed by atoms with E-state index in [0.29, 0.717) is 6.54 Å². The zero-order chi connectivity index (χ0) is 7.82. The van der Waals surface area contributed by atoms with Crippen LogP contribution in [0.1, 0.15) is 13.3 Å². The van der Waals surface area contributed by atoms with Crippen molar-refractivity contribution in [2.45, 2.75) is 19.4 Å². The summed E-state index contributed by atoms with van der Waals surface area (Å²) in [6, 6.07) is 0.